The van der Waals surface area contributed by atoms with Crippen LogP contribution in [0.2, 0.25) is 5.02 Å². The Morgan fingerprint density at radius 3 is 2.45 bits per heavy atom. The first-order chi connectivity index (χ1) is 15.0. The summed E-state index contributed by atoms with van der Waals surface area (Å²) in [6.45, 7) is 2.14. The van der Waals surface area contributed by atoms with Gasteiger partial charge in [0, 0.05) is 34.7 Å². The summed E-state index contributed by atoms with van der Waals surface area (Å²) in [6, 6.07) is 17.2. The van der Waals surface area contributed by atoms with Crippen LogP contribution < -0.4 is 5.32 Å². The van der Waals surface area contributed by atoms with Crippen molar-refractivity contribution in [3.05, 3.63) is 65.2 Å². The third kappa shape index (κ3) is 7.29. The monoisotopic (exact) mass is 458 g/mol. The molecule has 0 heterocycles. The first-order valence-corrected chi connectivity index (χ1v) is 12.4. The fourth-order valence-electron chi connectivity index (χ4n) is 3.88. The predicted molar refractivity (Wildman–Crippen MR) is 128 cm³/mol. The molecule has 2 aromatic carbocycles. The number of rotatable bonds is 9. The highest BCUT2D eigenvalue weighted by atomic mass is 35.5. The van der Waals surface area contributed by atoms with E-state index in [2.05, 4.69) is 5.32 Å². The smallest absolute Gasteiger partial charge is 0.242 e. The van der Waals surface area contributed by atoms with Crippen molar-refractivity contribution < 1.29 is 9.59 Å². The van der Waals surface area contributed by atoms with E-state index in [1.54, 1.807) is 16.7 Å². The van der Waals surface area contributed by atoms with Crippen molar-refractivity contribution in [3.63, 3.8) is 0 Å². The second kappa shape index (κ2) is 12.2. The third-order valence-electron chi connectivity index (χ3n) is 5.75. The Kier molecular flexibility index (Phi) is 9.29. The molecule has 6 heteroatoms. The maximum Gasteiger partial charge on any atom is 0.242 e. The van der Waals surface area contributed by atoms with E-state index in [1.165, 1.54) is 6.42 Å². The molecule has 31 heavy (non-hydrogen) atoms. The first kappa shape index (κ1) is 23.7. The van der Waals surface area contributed by atoms with Gasteiger partial charge in [0.2, 0.25) is 11.8 Å². The maximum absolute atomic E-state index is 13.2. The number of nitrogens with zero attached hydrogens (tertiary/aromatic N) is 1. The van der Waals surface area contributed by atoms with Gasteiger partial charge >= 0.3 is 0 Å². The van der Waals surface area contributed by atoms with Crippen LogP contribution in [0.25, 0.3) is 0 Å². The number of halogens is 1. The van der Waals surface area contributed by atoms with Gasteiger partial charge in [-0.25, -0.2) is 0 Å². The average molecular weight is 459 g/mol. The fourth-order valence-corrected chi connectivity index (χ4v) is 4.94. The standard InChI is InChI=1S/C25H31ClN2O2S/c1-19(25(30)27-21-11-4-2-5-12-21)28(18-20-10-8-9-15-23(20)26)24(29)16-17-31-22-13-6-3-7-14-22/h3,6-10,13-15,19,21H,2,4-5,11-12,16-18H2,1H3,(H,27,30)/t19-/m0/s1. The lowest BCUT2D eigenvalue weighted by molar-refractivity contribution is -0.140. The Labute approximate surface area is 194 Å². The van der Waals surface area contributed by atoms with E-state index in [0.717, 1.165) is 36.1 Å². The molecule has 4 nitrogen and oxygen atoms in total. The summed E-state index contributed by atoms with van der Waals surface area (Å²) in [5.74, 6) is 0.552. The summed E-state index contributed by atoms with van der Waals surface area (Å²) >= 11 is 8.00. The molecule has 1 fully saturated rings. The third-order valence-corrected chi connectivity index (χ3v) is 7.13. The summed E-state index contributed by atoms with van der Waals surface area (Å²) in [6.07, 6.45) is 5.94. The van der Waals surface area contributed by atoms with Crippen LogP contribution in [0.1, 0.15) is 51.0 Å². The molecule has 1 aliphatic rings. The molecule has 0 bridgehead atoms. The quantitative estimate of drug-likeness (QED) is 0.491. The van der Waals surface area contributed by atoms with E-state index in [-0.39, 0.29) is 17.9 Å². The molecular formula is C25H31ClN2O2S. The molecule has 1 aliphatic carbocycles. The van der Waals surface area contributed by atoms with Gasteiger partial charge in [0.1, 0.15) is 6.04 Å². The summed E-state index contributed by atoms with van der Waals surface area (Å²) in [7, 11) is 0. The zero-order valence-electron chi connectivity index (χ0n) is 18.1. The maximum atomic E-state index is 13.2. The molecule has 0 aromatic heterocycles. The van der Waals surface area contributed by atoms with Crippen LogP contribution in [0.4, 0.5) is 0 Å². The molecule has 1 N–H and O–H groups in total. The van der Waals surface area contributed by atoms with Crippen molar-refractivity contribution in [2.45, 2.75) is 69.0 Å². The van der Waals surface area contributed by atoms with Crippen molar-refractivity contribution in [3.8, 4) is 0 Å². The van der Waals surface area contributed by atoms with Gasteiger partial charge in [-0.3, -0.25) is 9.59 Å². The van der Waals surface area contributed by atoms with Gasteiger partial charge < -0.3 is 10.2 Å². The normalized spacial score (nSPS) is 15.3. The van der Waals surface area contributed by atoms with Crippen LogP contribution in [-0.4, -0.2) is 34.6 Å². The number of hydrogen-bond donors (Lipinski definition) is 1. The van der Waals surface area contributed by atoms with Crippen LogP contribution in [0, 0.1) is 0 Å². The van der Waals surface area contributed by atoms with E-state index in [9.17, 15) is 9.59 Å². The number of nitrogens with one attached hydrogen (secondary N) is 1. The van der Waals surface area contributed by atoms with Crippen molar-refractivity contribution in [2.75, 3.05) is 5.75 Å². The topological polar surface area (TPSA) is 49.4 Å². The summed E-state index contributed by atoms with van der Waals surface area (Å²) in [4.78, 5) is 29.0. The number of hydrogen-bond acceptors (Lipinski definition) is 3. The van der Waals surface area contributed by atoms with E-state index >= 15 is 0 Å². The summed E-state index contributed by atoms with van der Waals surface area (Å²) in [5, 5.41) is 3.78. The molecule has 1 saturated carbocycles. The van der Waals surface area contributed by atoms with Crippen molar-refractivity contribution in [2.24, 2.45) is 0 Å². The molecule has 0 spiro atoms. The molecule has 166 valence electrons. The molecule has 0 aliphatic heterocycles. The lowest BCUT2D eigenvalue weighted by Gasteiger charge is -2.31. The minimum Gasteiger partial charge on any atom is -0.352 e. The molecule has 1 atom stereocenters. The largest absolute Gasteiger partial charge is 0.352 e. The van der Waals surface area contributed by atoms with Crippen LogP contribution in [0.5, 0.6) is 0 Å². The van der Waals surface area contributed by atoms with Crippen LogP contribution in [0.15, 0.2) is 59.5 Å². The van der Waals surface area contributed by atoms with Gasteiger partial charge in [-0.2, -0.15) is 0 Å². The van der Waals surface area contributed by atoms with Crippen LogP contribution in [0.3, 0.4) is 0 Å². The van der Waals surface area contributed by atoms with Gasteiger partial charge in [0.15, 0.2) is 0 Å². The molecule has 2 aromatic rings. The van der Waals surface area contributed by atoms with Crippen molar-refractivity contribution in [1.29, 1.82) is 0 Å². The highest BCUT2D eigenvalue weighted by Crippen LogP contribution is 2.22. The number of carbonyl (C=O) groups excluding carboxylic acids is 2. The Balaban J connectivity index is 1.66. The minimum atomic E-state index is -0.549. The van der Waals surface area contributed by atoms with E-state index in [1.807, 2.05) is 61.5 Å². The lowest BCUT2D eigenvalue weighted by atomic mass is 9.95. The number of thioether (sulfide) groups is 1. The van der Waals surface area contributed by atoms with Gasteiger partial charge in [0.05, 0.1) is 0 Å². The lowest BCUT2D eigenvalue weighted by Crippen LogP contribution is -2.50. The van der Waals surface area contributed by atoms with Gasteiger partial charge in [-0.05, 0) is 43.5 Å². The van der Waals surface area contributed by atoms with Crippen molar-refractivity contribution >= 4 is 35.2 Å². The highest BCUT2D eigenvalue weighted by molar-refractivity contribution is 7.99. The van der Waals surface area contributed by atoms with Crippen molar-refractivity contribution in [1.82, 2.24) is 10.2 Å². The van der Waals surface area contributed by atoms with E-state index in [4.69, 9.17) is 11.6 Å². The van der Waals surface area contributed by atoms with Crippen LogP contribution >= 0.6 is 23.4 Å². The number of amides is 2. The molecule has 0 saturated heterocycles. The minimum absolute atomic E-state index is 0.0327. The van der Waals surface area contributed by atoms with E-state index in [0.29, 0.717) is 23.7 Å². The fraction of sp³-hybridized carbons (Fsp3) is 0.440. The van der Waals surface area contributed by atoms with Gasteiger partial charge in [0.25, 0.3) is 0 Å². The SMILES string of the molecule is C[C@@H](C(=O)NC1CCCCC1)N(Cc1ccccc1Cl)C(=O)CCSc1ccccc1. The Morgan fingerprint density at radius 1 is 1.06 bits per heavy atom. The molecule has 3 rings (SSSR count). The number of carbonyl (C=O) groups is 2. The highest BCUT2D eigenvalue weighted by Gasteiger charge is 2.28. The Hall–Kier alpha value is -1.98. The number of benzene rings is 2. The predicted octanol–water partition coefficient (Wildman–Crippen LogP) is 5.69. The first-order valence-electron chi connectivity index (χ1n) is 11.1. The van der Waals surface area contributed by atoms with Gasteiger partial charge in [-0.15, -0.1) is 11.8 Å². The van der Waals surface area contributed by atoms with Crippen LogP contribution in [-0.2, 0) is 16.1 Å². The molecule has 2 amide bonds. The molecule has 0 radical (unpaired) electrons. The van der Waals surface area contributed by atoms with E-state index < -0.39 is 6.04 Å². The molecule has 0 unspecified atom stereocenters. The summed E-state index contributed by atoms with van der Waals surface area (Å²) in [5.41, 5.74) is 0.852. The Bertz CT molecular complexity index is 856. The second-order valence-corrected chi connectivity index (χ2v) is 9.62. The molecular weight excluding hydrogens is 428 g/mol. The zero-order chi connectivity index (χ0) is 22.1. The summed E-state index contributed by atoms with van der Waals surface area (Å²) < 4.78 is 0. The van der Waals surface area contributed by atoms with Gasteiger partial charge in [-0.1, -0.05) is 67.3 Å². The Morgan fingerprint density at radius 2 is 1.74 bits per heavy atom. The zero-order valence-corrected chi connectivity index (χ0v) is 19.6. The second-order valence-electron chi connectivity index (χ2n) is 8.04. The average Bonchev–Trinajstić information content (AvgIpc) is 2.79.